The molecule has 1 aliphatic heterocycles. The van der Waals surface area contributed by atoms with E-state index >= 15 is 0 Å². The average Bonchev–Trinajstić information content (AvgIpc) is 2.59. The summed E-state index contributed by atoms with van der Waals surface area (Å²) in [4.78, 5) is 24.8. The Balaban J connectivity index is 1.65. The van der Waals surface area contributed by atoms with Gasteiger partial charge in [-0.15, -0.1) is 11.8 Å². The van der Waals surface area contributed by atoms with Gasteiger partial charge in [-0.3, -0.25) is 9.59 Å². The third-order valence-electron chi connectivity index (χ3n) is 3.81. The van der Waals surface area contributed by atoms with E-state index in [-0.39, 0.29) is 17.7 Å². The second-order valence-electron chi connectivity index (χ2n) is 5.57. The van der Waals surface area contributed by atoms with Crippen molar-refractivity contribution in [1.82, 2.24) is 5.32 Å². The summed E-state index contributed by atoms with van der Waals surface area (Å²) in [6, 6.07) is 15.5. The van der Waals surface area contributed by atoms with Gasteiger partial charge in [0.25, 0.3) is 5.91 Å². The van der Waals surface area contributed by atoms with Crippen molar-refractivity contribution in [2.45, 2.75) is 17.7 Å². The van der Waals surface area contributed by atoms with Crippen molar-refractivity contribution in [3.05, 3.63) is 59.7 Å². The molecule has 2 aromatic rings. The van der Waals surface area contributed by atoms with E-state index in [9.17, 15) is 9.59 Å². The molecule has 1 atom stereocenters. The molecule has 1 heterocycles. The molecule has 0 aliphatic carbocycles. The fraction of sp³-hybridized carbons (Fsp3) is 0.222. The molecule has 0 spiro atoms. The Morgan fingerprint density at radius 1 is 1.26 bits per heavy atom. The largest absolute Gasteiger partial charge is 0.351 e. The van der Waals surface area contributed by atoms with Crippen LogP contribution in [0.4, 0.5) is 5.69 Å². The summed E-state index contributed by atoms with van der Waals surface area (Å²) in [7, 11) is 0. The first-order chi connectivity index (χ1) is 11.1. The summed E-state index contributed by atoms with van der Waals surface area (Å²) >= 11 is 1.49. The molecule has 0 saturated heterocycles. The van der Waals surface area contributed by atoms with Crippen LogP contribution in [-0.2, 0) is 4.79 Å². The average molecular weight is 326 g/mol. The molecular formula is C18H18N2O2S. The molecule has 5 heteroatoms. The topological polar surface area (TPSA) is 58.2 Å². The van der Waals surface area contributed by atoms with Gasteiger partial charge in [0.1, 0.15) is 0 Å². The van der Waals surface area contributed by atoms with E-state index in [1.165, 1.54) is 17.3 Å². The molecule has 0 aromatic heterocycles. The highest BCUT2D eigenvalue weighted by atomic mass is 32.2. The predicted molar refractivity (Wildman–Crippen MR) is 93.0 cm³/mol. The zero-order chi connectivity index (χ0) is 16.2. The third kappa shape index (κ3) is 3.74. The lowest BCUT2D eigenvalue weighted by Gasteiger charge is -2.17. The van der Waals surface area contributed by atoms with Crippen LogP contribution in [0.25, 0.3) is 0 Å². The maximum absolute atomic E-state index is 12.3. The second-order valence-corrected chi connectivity index (χ2v) is 6.59. The maximum Gasteiger partial charge on any atom is 0.251 e. The Kier molecular flexibility index (Phi) is 4.67. The Labute approximate surface area is 139 Å². The number of fused-ring (bicyclic) bond motifs is 1. The standard InChI is InChI=1S/C18H18N2O2S/c1-12(13-5-3-2-4-6-13)10-19-18(22)14-7-8-16-15(9-14)20-17(21)11-23-16/h2-9,12H,10-11H2,1H3,(H,19,22)(H,20,21). The Morgan fingerprint density at radius 3 is 2.83 bits per heavy atom. The monoisotopic (exact) mass is 326 g/mol. The number of rotatable bonds is 4. The number of benzene rings is 2. The van der Waals surface area contributed by atoms with Gasteiger partial charge in [-0.2, -0.15) is 0 Å². The van der Waals surface area contributed by atoms with Crippen molar-refractivity contribution >= 4 is 29.3 Å². The van der Waals surface area contributed by atoms with Crippen LogP contribution in [0, 0.1) is 0 Å². The van der Waals surface area contributed by atoms with Crippen molar-refractivity contribution < 1.29 is 9.59 Å². The van der Waals surface area contributed by atoms with Gasteiger partial charge in [0, 0.05) is 17.0 Å². The lowest BCUT2D eigenvalue weighted by Crippen LogP contribution is -2.28. The van der Waals surface area contributed by atoms with Crippen LogP contribution in [0.1, 0.15) is 28.8 Å². The lowest BCUT2D eigenvalue weighted by atomic mass is 10.0. The van der Waals surface area contributed by atoms with E-state index < -0.39 is 0 Å². The summed E-state index contributed by atoms with van der Waals surface area (Å²) in [5.74, 6) is 0.513. The molecule has 4 nitrogen and oxygen atoms in total. The molecule has 0 bridgehead atoms. The zero-order valence-corrected chi connectivity index (χ0v) is 13.7. The maximum atomic E-state index is 12.3. The molecule has 3 rings (SSSR count). The minimum atomic E-state index is -0.125. The van der Waals surface area contributed by atoms with Gasteiger partial charge in [-0.05, 0) is 29.7 Å². The lowest BCUT2D eigenvalue weighted by molar-refractivity contribution is -0.113. The molecule has 0 fully saturated rings. The Bertz CT molecular complexity index is 731. The van der Waals surface area contributed by atoms with E-state index in [4.69, 9.17) is 0 Å². The number of nitrogens with one attached hydrogen (secondary N) is 2. The number of carbonyl (C=O) groups is 2. The second kappa shape index (κ2) is 6.87. The molecule has 1 aliphatic rings. The molecule has 0 saturated carbocycles. The summed E-state index contributed by atoms with van der Waals surface area (Å²) in [5.41, 5.74) is 2.48. The van der Waals surface area contributed by atoms with E-state index in [2.05, 4.69) is 29.7 Å². The molecule has 2 N–H and O–H groups in total. The van der Waals surface area contributed by atoms with Gasteiger partial charge in [0.05, 0.1) is 11.4 Å². The van der Waals surface area contributed by atoms with Gasteiger partial charge < -0.3 is 10.6 Å². The van der Waals surface area contributed by atoms with Gasteiger partial charge in [0.15, 0.2) is 0 Å². The van der Waals surface area contributed by atoms with Crippen molar-refractivity contribution in [2.24, 2.45) is 0 Å². The number of anilines is 1. The number of carbonyl (C=O) groups excluding carboxylic acids is 2. The van der Waals surface area contributed by atoms with Gasteiger partial charge in [0.2, 0.25) is 5.91 Å². The van der Waals surface area contributed by atoms with Crippen LogP contribution in [0.2, 0.25) is 0 Å². The molecular weight excluding hydrogens is 308 g/mol. The quantitative estimate of drug-likeness (QED) is 0.906. The summed E-state index contributed by atoms with van der Waals surface area (Å²) < 4.78 is 0. The van der Waals surface area contributed by atoms with Crippen molar-refractivity contribution in [3.8, 4) is 0 Å². The molecule has 1 unspecified atom stereocenters. The molecule has 2 amide bonds. The fourth-order valence-corrected chi connectivity index (χ4v) is 3.26. The normalized spacial score (nSPS) is 14.6. The summed E-state index contributed by atoms with van der Waals surface area (Å²) in [6.45, 7) is 2.65. The van der Waals surface area contributed by atoms with Crippen molar-refractivity contribution in [3.63, 3.8) is 0 Å². The van der Waals surface area contributed by atoms with E-state index in [0.717, 1.165) is 10.6 Å². The van der Waals surface area contributed by atoms with Crippen LogP contribution in [0.5, 0.6) is 0 Å². The number of amides is 2. The summed E-state index contributed by atoms with van der Waals surface area (Å²) in [5, 5.41) is 5.76. The SMILES string of the molecule is CC(CNC(=O)c1ccc2c(c1)NC(=O)CS2)c1ccccc1. The minimum Gasteiger partial charge on any atom is -0.351 e. The fourth-order valence-electron chi connectivity index (χ4n) is 2.47. The molecule has 2 aromatic carbocycles. The van der Waals surface area contributed by atoms with E-state index in [1.54, 1.807) is 12.1 Å². The number of thioether (sulfide) groups is 1. The van der Waals surface area contributed by atoms with Crippen LogP contribution in [0.15, 0.2) is 53.4 Å². The number of hydrogen-bond donors (Lipinski definition) is 2. The van der Waals surface area contributed by atoms with Crippen molar-refractivity contribution in [1.29, 1.82) is 0 Å². The van der Waals surface area contributed by atoms with Crippen LogP contribution in [0.3, 0.4) is 0 Å². The van der Waals surface area contributed by atoms with Crippen molar-refractivity contribution in [2.75, 3.05) is 17.6 Å². The van der Waals surface area contributed by atoms with E-state index in [1.807, 2.05) is 24.3 Å². The van der Waals surface area contributed by atoms with E-state index in [0.29, 0.717) is 17.9 Å². The highest BCUT2D eigenvalue weighted by Crippen LogP contribution is 2.31. The van der Waals surface area contributed by atoms with Crippen LogP contribution < -0.4 is 10.6 Å². The molecule has 0 radical (unpaired) electrons. The first-order valence-corrected chi connectivity index (χ1v) is 8.52. The third-order valence-corrected chi connectivity index (χ3v) is 4.89. The summed E-state index contributed by atoms with van der Waals surface area (Å²) in [6.07, 6.45) is 0. The first-order valence-electron chi connectivity index (χ1n) is 7.53. The highest BCUT2D eigenvalue weighted by molar-refractivity contribution is 8.00. The smallest absolute Gasteiger partial charge is 0.251 e. The molecule has 23 heavy (non-hydrogen) atoms. The van der Waals surface area contributed by atoms with Crippen LogP contribution in [-0.4, -0.2) is 24.1 Å². The number of hydrogen-bond acceptors (Lipinski definition) is 3. The van der Waals surface area contributed by atoms with Gasteiger partial charge >= 0.3 is 0 Å². The highest BCUT2D eigenvalue weighted by Gasteiger charge is 2.17. The Morgan fingerprint density at radius 2 is 2.04 bits per heavy atom. The zero-order valence-electron chi connectivity index (χ0n) is 12.8. The minimum absolute atomic E-state index is 0.0299. The van der Waals surface area contributed by atoms with Gasteiger partial charge in [-0.1, -0.05) is 37.3 Å². The predicted octanol–water partition coefficient (Wildman–Crippen LogP) is 3.26. The van der Waals surface area contributed by atoms with Gasteiger partial charge in [-0.25, -0.2) is 0 Å². The Hall–Kier alpha value is -2.27. The molecule has 118 valence electrons. The first kappa shape index (κ1) is 15.6. The van der Waals surface area contributed by atoms with Crippen LogP contribution >= 0.6 is 11.8 Å².